The first-order valence-corrected chi connectivity index (χ1v) is 3.40. The van der Waals surface area contributed by atoms with Crippen LogP contribution < -0.4 is 0 Å². The normalized spacial score (nSPS) is 8.80. The van der Waals surface area contributed by atoms with Crippen molar-refractivity contribution in [1.82, 2.24) is 0 Å². The summed E-state index contributed by atoms with van der Waals surface area (Å²) in [5.74, 6) is 0. The molecule has 58 valence electrons. The Morgan fingerprint density at radius 1 is 1.10 bits per heavy atom. The molecule has 0 radical (unpaired) electrons. The van der Waals surface area contributed by atoms with Crippen LogP contribution in [-0.4, -0.2) is 19.4 Å². The molecule has 0 aliphatic rings. The van der Waals surface area contributed by atoms with E-state index in [0.717, 1.165) is 25.5 Å². The Balaban J connectivity index is 2.76. The van der Waals surface area contributed by atoms with Crippen molar-refractivity contribution in [2.45, 2.75) is 25.7 Å². The molecule has 0 heterocycles. The fraction of sp³-hybridized carbons (Fsp3) is 0.714. The molecule has 0 spiro atoms. The number of unbranched alkanes of at least 4 members (excludes halogenated alkanes) is 3. The van der Waals surface area contributed by atoms with Gasteiger partial charge in [-0.3, -0.25) is 4.79 Å². The second kappa shape index (κ2) is 8.14. The monoisotopic (exact) mass is 144 g/mol. The van der Waals surface area contributed by atoms with Crippen LogP contribution in [0.15, 0.2) is 0 Å². The van der Waals surface area contributed by atoms with E-state index in [-0.39, 0.29) is 0 Å². The number of rotatable bonds is 7. The maximum absolute atomic E-state index is 9.81. The molecule has 0 fully saturated rings. The molecule has 3 heteroatoms. The van der Waals surface area contributed by atoms with E-state index in [2.05, 4.69) is 4.74 Å². The van der Waals surface area contributed by atoms with Crippen LogP contribution in [0.25, 0.3) is 0 Å². The highest BCUT2D eigenvalue weighted by molar-refractivity contribution is 5.48. The zero-order chi connectivity index (χ0) is 7.66. The van der Waals surface area contributed by atoms with E-state index in [1.807, 2.05) is 0 Å². The van der Waals surface area contributed by atoms with Gasteiger partial charge in [-0.2, -0.15) is 0 Å². The Hall–Kier alpha value is -0.860. The summed E-state index contributed by atoms with van der Waals surface area (Å²) in [7, 11) is 0. The van der Waals surface area contributed by atoms with Crippen molar-refractivity contribution in [3.8, 4) is 0 Å². The molecule has 0 aliphatic heterocycles. The van der Waals surface area contributed by atoms with Crippen molar-refractivity contribution in [3.05, 3.63) is 0 Å². The van der Waals surface area contributed by atoms with Crippen molar-refractivity contribution in [3.63, 3.8) is 0 Å². The summed E-state index contributed by atoms with van der Waals surface area (Å²) in [6.07, 6.45) is 4.21. The van der Waals surface area contributed by atoms with Gasteiger partial charge in [0.1, 0.15) is 6.29 Å². The average Bonchev–Trinajstić information content (AvgIpc) is 1.97. The van der Waals surface area contributed by atoms with Gasteiger partial charge in [0, 0.05) is 6.42 Å². The molecule has 0 saturated heterocycles. The Labute approximate surface area is 60.4 Å². The van der Waals surface area contributed by atoms with E-state index >= 15 is 0 Å². The summed E-state index contributed by atoms with van der Waals surface area (Å²) in [5, 5.41) is 0. The molecule has 0 aromatic carbocycles. The molecular weight excluding hydrogens is 132 g/mol. The van der Waals surface area contributed by atoms with Gasteiger partial charge in [0.05, 0.1) is 6.61 Å². The van der Waals surface area contributed by atoms with E-state index in [1.165, 1.54) is 0 Å². The third-order valence-corrected chi connectivity index (χ3v) is 1.15. The molecule has 0 aliphatic carbocycles. The molecule has 0 atom stereocenters. The standard InChI is InChI=1S/C7H12O3/c8-5-3-1-2-4-6-10-7-9/h5,7H,1-4,6H2. The lowest BCUT2D eigenvalue weighted by Crippen LogP contribution is -1.91. The fourth-order valence-electron chi connectivity index (χ4n) is 0.638. The zero-order valence-corrected chi connectivity index (χ0v) is 5.91. The smallest absolute Gasteiger partial charge is 0.293 e. The Morgan fingerprint density at radius 2 is 1.90 bits per heavy atom. The van der Waals surface area contributed by atoms with E-state index in [9.17, 15) is 9.59 Å². The van der Waals surface area contributed by atoms with Crippen molar-refractivity contribution >= 4 is 12.8 Å². The molecular formula is C7H12O3. The molecule has 3 nitrogen and oxygen atoms in total. The lowest BCUT2D eigenvalue weighted by molar-refractivity contribution is -0.128. The molecule has 0 N–H and O–H groups in total. The van der Waals surface area contributed by atoms with Crippen LogP contribution in [0.1, 0.15) is 25.7 Å². The highest BCUT2D eigenvalue weighted by atomic mass is 16.5. The maximum atomic E-state index is 9.81. The van der Waals surface area contributed by atoms with Crippen LogP contribution in [0.4, 0.5) is 0 Å². The van der Waals surface area contributed by atoms with Crippen LogP contribution >= 0.6 is 0 Å². The summed E-state index contributed by atoms with van der Waals surface area (Å²) in [6, 6.07) is 0. The van der Waals surface area contributed by atoms with Crippen LogP contribution in [0.2, 0.25) is 0 Å². The summed E-state index contributed by atoms with van der Waals surface area (Å²) in [6.45, 7) is 0.919. The highest BCUT2D eigenvalue weighted by Gasteiger charge is 1.87. The first-order valence-electron chi connectivity index (χ1n) is 3.40. The number of carbonyl (C=O) groups is 2. The topological polar surface area (TPSA) is 43.4 Å². The van der Waals surface area contributed by atoms with E-state index in [0.29, 0.717) is 19.5 Å². The lowest BCUT2D eigenvalue weighted by Gasteiger charge is -1.95. The van der Waals surface area contributed by atoms with Crippen molar-refractivity contribution < 1.29 is 14.3 Å². The first kappa shape index (κ1) is 9.14. The molecule has 0 unspecified atom stereocenters. The van der Waals surface area contributed by atoms with E-state index in [1.54, 1.807) is 0 Å². The minimum Gasteiger partial charge on any atom is -0.468 e. The first-order chi connectivity index (χ1) is 4.91. The van der Waals surface area contributed by atoms with Gasteiger partial charge in [0.15, 0.2) is 0 Å². The van der Waals surface area contributed by atoms with Gasteiger partial charge in [-0.05, 0) is 19.3 Å². The maximum Gasteiger partial charge on any atom is 0.293 e. The van der Waals surface area contributed by atoms with Crippen molar-refractivity contribution in [2.24, 2.45) is 0 Å². The lowest BCUT2D eigenvalue weighted by atomic mass is 10.2. The highest BCUT2D eigenvalue weighted by Crippen LogP contribution is 1.96. The van der Waals surface area contributed by atoms with Gasteiger partial charge in [-0.25, -0.2) is 0 Å². The second-order valence-corrected chi connectivity index (χ2v) is 1.98. The number of hydrogen-bond acceptors (Lipinski definition) is 3. The fourth-order valence-corrected chi connectivity index (χ4v) is 0.638. The van der Waals surface area contributed by atoms with E-state index < -0.39 is 0 Å². The zero-order valence-electron chi connectivity index (χ0n) is 5.91. The van der Waals surface area contributed by atoms with Gasteiger partial charge in [-0.1, -0.05) is 0 Å². The van der Waals surface area contributed by atoms with Crippen LogP contribution in [0.5, 0.6) is 0 Å². The largest absolute Gasteiger partial charge is 0.468 e. The number of hydrogen-bond donors (Lipinski definition) is 0. The summed E-state index contributed by atoms with van der Waals surface area (Å²) in [4.78, 5) is 19.4. The Bertz CT molecular complexity index is 78.9. The van der Waals surface area contributed by atoms with E-state index in [4.69, 9.17) is 0 Å². The molecule has 0 aromatic rings. The Morgan fingerprint density at radius 3 is 2.50 bits per heavy atom. The predicted molar refractivity (Wildman–Crippen MR) is 36.5 cm³/mol. The third-order valence-electron chi connectivity index (χ3n) is 1.15. The Kier molecular flexibility index (Phi) is 7.44. The van der Waals surface area contributed by atoms with Gasteiger partial charge in [0.25, 0.3) is 6.47 Å². The molecule has 0 amide bonds. The molecule has 0 bridgehead atoms. The quantitative estimate of drug-likeness (QED) is 0.394. The second-order valence-electron chi connectivity index (χ2n) is 1.98. The molecule has 10 heavy (non-hydrogen) atoms. The molecule has 0 saturated carbocycles. The third kappa shape index (κ3) is 7.14. The number of aldehydes is 1. The molecule has 0 rings (SSSR count). The van der Waals surface area contributed by atoms with Crippen molar-refractivity contribution in [1.29, 1.82) is 0 Å². The van der Waals surface area contributed by atoms with Gasteiger partial charge < -0.3 is 9.53 Å². The molecule has 0 aromatic heterocycles. The summed E-state index contributed by atoms with van der Waals surface area (Å²) < 4.78 is 4.44. The number of ether oxygens (including phenoxy) is 1. The minimum absolute atomic E-state index is 0.444. The SMILES string of the molecule is O=CCCCCCOC=O. The van der Waals surface area contributed by atoms with Crippen LogP contribution in [-0.2, 0) is 14.3 Å². The minimum atomic E-state index is 0.444. The van der Waals surface area contributed by atoms with Crippen LogP contribution in [0, 0.1) is 0 Å². The average molecular weight is 144 g/mol. The van der Waals surface area contributed by atoms with Crippen molar-refractivity contribution in [2.75, 3.05) is 6.61 Å². The van der Waals surface area contributed by atoms with Gasteiger partial charge in [0.2, 0.25) is 0 Å². The summed E-state index contributed by atoms with van der Waals surface area (Å²) in [5.41, 5.74) is 0. The predicted octanol–water partition coefficient (Wildman–Crippen LogP) is 0.919. The number of carbonyl (C=O) groups excluding carboxylic acids is 2. The van der Waals surface area contributed by atoms with Crippen LogP contribution in [0.3, 0.4) is 0 Å². The van der Waals surface area contributed by atoms with Gasteiger partial charge >= 0.3 is 0 Å². The summed E-state index contributed by atoms with van der Waals surface area (Å²) >= 11 is 0. The van der Waals surface area contributed by atoms with Gasteiger partial charge in [-0.15, -0.1) is 0 Å².